The van der Waals surface area contributed by atoms with E-state index in [1.54, 1.807) is 0 Å². The molecule has 0 atom stereocenters. The second-order valence-electron chi connectivity index (χ2n) is 4.65. The highest BCUT2D eigenvalue weighted by atomic mass is 14.9. The first-order valence-corrected chi connectivity index (χ1v) is 6.25. The van der Waals surface area contributed by atoms with Gasteiger partial charge in [-0.05, 0) is 42.8 Å². The van der Waals surface area contributed by atoms with Gasteiger partial charge in [-0.2, -0.15) is 0 Å². The number of rotatable bonds is 3. The zero-order chi connectivity index (χ0) is 13.2. The predicted octanol–water partition coefficient (Wildman–Crippen LogP) is 3.07. The number of hydrogen-bond acceptors (Lipinski definition) is 3. The van der Waals surface area contributed by atoms with Crippen molar-refractivity contribution in [1.82, 2.24) is 9.97 Å². The van der Waals surface area contributed by atoms with E-state index >= 15 is 0 Å². The Hall–Kier alpha value is -2.49. The summed E-state index contributed by atoms with van der Waals surface area (Å²) in [4.78, 5) is 7.62. The molecule has 0 fully saturated rings. The summed E-state index contributed by atoms with van der Waals surface area (Å²) in [6.45, 7) is 2.71. The van der Waals surface area contributed by atoms with Gasteiger partial charge in [-0.15, -0.1) is 0 Å². The van der Waals surface area contributed by atoms with Crippen LogP contribution in [-0.4, -0.2) is 9.97 Å². The molecule has 1 aromatic heterocycles. The van der Waals surface area contributed by atoms with Crippen molar-refractivity contribution in [3.05, 3.63) is 53.9 Å². The molecule has 0 radical (unpaired) electrons. The molecule has 0 unspecified atom stereocenters. The Morgan fingerprint density at radius 3 is 2.95 bits per heavy atom. The van der Waals surface area contributed by atoms with Crippen LogP contribution in [-0.2, 0) is 6.54 Å². The Kier molecular flexibility index (Phi) is 2.83. The number of H-pyrrole nitrogens is 1. The van der Waals surface area contributed by atoms with Gasteiger partial charge in [0.1, 0.15) is 5.82 Å². The minimum atomic E-state index is 0.754. The van der Waals surface area contributed by atoms with Crippen molar-refractivity contribution in [2.45, 2.75) is 13.5 Å². The first-order valence-electron chi connectivity index (χ1n) is 6.25. The van der Waals surface area contributed by atoms with Crippen molar-refractivity contribution in [1.29, 1.82) is 0 Å². The number of aryl methyl sites for hydroxylation is 1. The second-order valence-corrected chi connectivity index (χ2v) is 4.65. The van der Waals surface area contributed by atoms with Crippen molar-refractivity contribution in [2.75, 3.05) is 11.1 Å². The number of imidazole rings is 1. The highest BCUT2D eigenvalue weighted by Gasteiger charge is 2.01. The average molecular weight is 252 g/mol. The van der Waals surface area contributed by atoms with Crippen LogP contribution in [0.2, 0.25) is 0 Å². The lowest BCUT2D eigenvalue weighted by Gasteiger charge is -2.07. The van der Waals surface area contributed by atoms with Crippen LogP contribution in [0, 0.1) is 6.92 Å². The molecule has 0 amide bonds. The normalized spacial score (nSPS) is 10.8. The van der Waals surface area contributed by atoms with E-state index in [0.717, 1.165) is 34.8 Å². The number of fused-ring (bicyclic) bond motifs is 1. The average Bonchev–Trinajstić information content (AvgIpc) is 2.75. The molecular weight excluding hydrogens is 236 g/mol. The van der Waals surface area contributed by atoms with Crippen molar-refractivity contribution in [2.24, 2.45) is 0 Å². The van der Waals surface area contributed by atoms with E-state index in [9.17, 15) is 0 Å². The number of aromatic nitrogens is 2. The van der Waals surface area contributed by atoms with E-state index in [0.29, 0.717) is 0 Å². The molecule has 0 saturated carbocycles. The van der Waals surface area contributed by atoms with E-state index in [1.165, 1.54) is 5.56 Å². The van der Waals surface area contributed by atoms with Crippen molar-refractivity contribution >= 4 is 22.4 Å². The highest BCUT2D eigenvalue weighted by molar-refractivity contribution is 5.79. The lowest BCUT2D eigenvalue weighted by molar-refractivity contribution is 1.15. The third kappa shape index (κ3) is 2.52. The van der Waals surface area contributed by atoms with E-state index in [-0.39, 0.29) is 0 Å². The largest absolute Gasteiger partial charge is 0.399 e. The molecular formula is C15H16N4. The van der Waals surface area contributed by atoms with Crippen LogP contribution in [0.1, 0.15) is 11.4 Å². The molecule has 2 aromatic carbocycles. The lowest BCUT2D eigenvalue weighted by atomic mass is 10.2. The molecule has 0 bridgehead atoms. The van der Waals surface area contributed by atoms with E-state index < -0.39 is 0 Å². The van der Waals surface area contributed by atoms with Crippen LogP contribution in [0.5, 0.6) is 0 Å². The van der Waals surface area contributed by atoms with Gasteiger partial charge in [-0.1, -0.05) is 12.1 Å². The van der Waals surface area contributed by atoms with Gasteiger partial charge < -0.3 is 16.0 Å². The lowest BCUT2D eigenvalue weighted by Crippen LogP contribution is -1.99. The van der Waals surface area contributed by atoms with Crippen molar-refractivity contribution < 1.29 is 0 Å². The van der Waals surface area contributed by atoms with Gasteiger partial charge >= 0.3 is 0 Å². The number of nitrogen functional groups attached to an aromatic ring is 1. The molecule has 1 heterocycles. The summed E-state index contributed by atoms with van der Waals surface area (Å²) in [5, 5.41) is 3.39. The van der Waals surface area contributed by atoms with Gasteiger partial charge in [0.05, 0.1) is 11.0 Å². The van der Waals surface area contributed by atoms with E-state index in [1.807, 2.05) is 37.3 Å². The molecule has 0 saturated heterocycles. The van der Waals surface area contributed by atoms with Gasteiger partial charge in [0, 0.05) is 17.9 Å². The second kappa shape index (κ2) is 4.65. The smallest absolute Gasteiger partial charge is 0.104 e. The fourth-order valence-corrected chi connectivity index (χ4v) is 2.15. The summed E-state index contributed by atoms with van der Waals surface area (Å²) in [5.74, 6) is 0.933. The maximum absolute atomic E-state index is 5.76. The van der Waals surface area contributed by atoms with Crippen LogP contribution < -0.4 is 11.1 Å². The fraction of sp³-hybridized carbons (Fsp3) is 0.133. The number of nitrogens with zero attached hydrogens (tertiary/aromatic N) is 1. The van der Waals surface area contributed by atoms with Gasteiger partial charge in [0.15, 0.2) is 0 Å². The van der Waals surface area contributed by atoms with Gasteiger partial charge in [-0.25, -0.2) is 4.98 Å². The summed E-state index contributed by atoms with van der Waals surface area (Å²) in [7, 11) is 0. The number of aromatic amines is 1. The number of hydrogen-bond donors (Lipinski definition) is 3. The summed E-state index contributed by atoms with van der Waals surface area (Å²) in [5.41, 5.74) is 10.8. The molecule has 4 nitrogen and oxygen atoms in total. The summed E-state index contributed by atoms with van der Waals surface area (Å²) < 4.78 is 0. The molecule has 4 heteroatoms. The Labute approximate surface area is 111 Å². The number of anilines is 2. The van der Waals surface area contributed by atoms with Crippen molar-refractivity contribution in [3.63, 3.8) is 0 Å². The number of nitrogens with two attached hydrogens (primary N) is 1. The molecule has 19 heavy (non-hydrogen) atoms. The summed E-state index contributed by atoms with van der Waals surface area (Å²) in [6.07, 6.45) is 0. The Bertz CT molecular complexity index is 715. The quantitative estimate of drug-likeness (QED) is 0.627. The Morgan fingerprint density at radius 2 is 2.11 bits per heavy atom. The fourth-order valence-electron chi connectivity index (χ4n) is 2.15. The molecule has 0 aliphatic heterocycles. The van der Waals surface area contributed by atoms with Crippen LogP contribution in [0.25, 0.3) is 11.0 Å². The maximum Gasteiger partial charge on any atom is 0.104 e. The monoisotopic (exact) mass is 252 g/mol. The summed E-state index contributed by atoms with van der Waals surface area (Å²) >= 11 is 0. The highest BCUT2D eigenvalue weighted by Crippen LogP contribution is 2.18. The van der Waals surface area contributed by atoms with E-state index in [4.69, 9.17) is 5.73 Å². The zero-order valence-corrected chi connectivity index (χ0v) is 10.8. The third-order valence-corrected chi connectivity index (χ3v) is 3.05. The maximum atomic E-state index is 5.76. The first kappa shape index (κ1) is 11.6. The molecule has 0 aliphatic carbocycles. The molecule has 4 N–H and O–H groups in total. The molecule has 3 rings (SSSR count). The minimum Gasteiger partial charge on any atom is -0.399 e. The van der Waals surface area contributed by atoms with Gasteiger partial charge in [0.2, 0.25) is 0 Å². The Morgan fingerprint density at radius 1 is 1.21 bits per heavy atom. The molecule has 3 aromatic rings. The number of nitrogens with one attached hydrogen (secondary N) is 2. The zero-order valence-electron chi connectivity index (χ0n) is 10.8. The minimum absolute atomic E-state index is 0.754. The summed E-state index contributed by atoms with van der Waals surface area (Å²) in [6, 6.07) is 14.0. The number of benzene rings is 2. The standard InChI is InChI=1S/C15H16N4/c1-10-18-14-6-5-13(8-15(14)19-10)17-9-11-3-2-4-12(16)7-11/h2-8,17H,9,16H2,1H3,(H,18,19). The molecule has 0 spiro atoms. The molecule has 96 valence electrons. The van der Waals surface area contributed by atoms with Crippen LogP contribution >= 0.6 is 0 Å². The first-order chi connectivity index (χ1) is 9.20. The van der Waals surface area contributed by atoms with E-state index in [2.05, 4.69) is 27.4 Å². The van der Waals surface area contributed by atoms with Crippen LogP contribution in [0.15, 0.2) is 42.5 Å². The predicted molar refractivity (Wildman–Crippen MR) is 79.0 cm³/mol. The van der Waals surface area contributed by atoms with Crippen molar-refractivity contribution in [3.8, 4) is 0 Å². The van der Waals surface area contributed by atoms with Crippen LogP contribution in [0.4, 0.5) is 11.4 Å². The van der Waals surface area contributed by atoms with Crippen LogP contribution in [0.3, 0.4) is 0 Å². The molecule has 0 aliphatic rings. The SMILES string of the molecule is Cc1nc2ccc(NCc3cccc(N)c3)cc2[nH]1. The van der Waals surface area contributed by atoms with Gasteiger partial charge in [-0.3, -0.25) is 0 Å². The Balaban J connectivity index is 1.78. The van der Waals surface area contributed by atoms with Gasteiger partial charge in [0.25, 0.3) is 0 Å². The third-order valence-electron chi connectivity index (χ3n) is 3.05. The topological polar surface area (TPSA) is 66.7 Å².